The SMILES string of the molecule is C=CCCC(O)CN1CCC(NC(=O)c2ccc(C)s2)CC1. The Kier molecular flexibility index (Phi) is 6.61. The van der Waals surface area contributed by atoms with Crippen molar-refractivity contribution in [3.8, 4) is 0 Å². The van der Waals surface area contributed by atoms with Gasteiger partial charge < -0.3 is 15.3 Å². The molecule has 1 aliphatic heterocycles. The van der Waals surface area contributed by atoms with Gasteiger partial charge in [0.25, 0.3) is 5.91 Å². The number of aliphatic hydroxyl groups excluding tert-OH is 1. The first-order valence-corrected chi connectivity index (χ1v) is 8.78. The molecule has 1 aliphatic rings. The quantitative estimate of drug-likeness (QED) is 0.759. The summed E-state index contributed by atoms with van der Waals surface area (Å²) in [6, 6.07) is 4.12. The Morgan fingerprint density at radius 3 is 2.86 bits per heavy atom. The van der Waals surface area contributed by atoms with Crippen molar-refractivity contribution in [1.82, 2.24) is 10.2 Å². The maximum Gasteiger partial charge on any atom is 0.261 e. The van der Waals surface area contributed by atoms with Gasteiger partial charge in [-0.1, -0.05) is 6.08 Å². The topological polar surface area (TPSA) is 52.6 Å². The van der Waals surface area contributed by atoms with E-state index in [1.807, 2.05) is 25.1 Å². The maximum absolute atomic E-state index is 12.1. The third-order valence-corrected chi connectivity index (χ3v) is 5.06. The molecule has 22 heavy (non-hydrogen) atoms. The lowest BCUT2D eigenvalue weighted by Crippen LogP contribution is -2.46. The number of carbonyl (C=O) groups is 1. The van der Waals surface area contributed by atoms with E-state index in [0.717, 1.165) is 55.1 Å². The summed E-state index contributed by atoms with van der Waals surface area (Å²) in [6.07, 6.45) is 5.09. The molecule has 0 aliphatic carbocycles. The smallest absolute Gasteiger partial charge is 0.261 e. The van der Waals surface area contributed by atoms with E-state index < -0.39 is 0 Å². The van der Waals surface area contributed by atoms with Crippen molar-refractivity contribution in [2.45, 2.75) is 44.8 Å². The molecule has 2 N–H and O–H groups in total. The van der Waals surface area contributed by atoms with E-state index in [9.17, 15) is 9.90 Å². The maximum atomic E-state index is 12.1. The lowest BCUT2D eigenvalue weighted by atomic mass is 10.0. The zero-order valence-corrected chi connectivity index (χ0v) is 14.1. The van der Waals surface area contributed by atoms with Gasteiger partial charge in [0.1, 0.15) is 0 Å². The van der Waals surface area contributed by atoms with Gasteiger partial charge in [-0.05, 0) is 44.7 Å². The lowest BCUT2D eigenvalue weighted by Gasteiger charge is -2.33. The van der Waals surface area contributed by atoms with Crippen LogP contribution in [0.4, 0.5) is 0 Å². The standard InChI is InChI=1S/C17H26N2O2S/c1-3-4-5-15(20)12-19-10-8-14(9-11-19)18-17(21)16-7-6-13(2)22-16/h3,6-7,14-15,20H,1,4-5,8-12H2,2H3,(H,18,21). The third-order valence-electron chi connectivity index (χ3n) is 4.06. The first-order chi connectivity index (χ1) is 10.6. The fourth-order valence-corrected chi connectivity index (χ4v) is 3.54. The number of β-amino-alcohol motifs (C(OH)–C–C–N with tert-alkyl or cyclic N) is 1. The lowest BCUT2D eigenvalue weighted by molar-refractivity contribution is 0.0807. The van der Waals surface area contributed by atoms with Crippen LogP contribution in [0.3, 0.4) is 0 Å². The van der Waals surface area contributed by atoms with Gasteiger partial charge in [0.15, 0.2) is 0 Å². The van der Waals surface area contributed by atoms with Gasteiger partial charge in [0, 0.05) is 30.6 Å². The minimum atomic E-state index is -0.279. The van der Waals surface area contributed by atoms with Crippen molar-refractivity contribution in [3.05, 3.63) is 34.5 Å². The average Bonchev–Trinajstić information content (AvgIpc) is 2.94. The largest absolute Gasteiger partial charge is 0.392 e. The Morgan fingerprint density at radius 2 is 2.27 bits per heavy atom. The Bertz CT molecular complexity index is 493. The molecule has 1 saturated heterocycles. The predicted molar refractivity (Wildman–Crippen MR) is 91.4 cm³/mol. The number of hydrogen-bond donors (Lipinski definition) is 2. The number of carbonyl (C=O) groups excluding carboxylic acids is 1. The highest BCUT2D eigenvalue weighted by molar-refractivity contribution is 7.13. The number of rotatable bonds is 7. The zero-order chi connectivity index (χ0) is 15.9. The number of allylic oxidation sites excluding steroid dienone is 1. The molecule has 1 amide bonds. The summed E-state index contributed by atoms with van der Waals surface area (Å²) in [6.45, 7) is 8.27. The number of aryl methyl sites for hydroxylation is 1. The number of thiophene rings is 1. The van der Waals surface area contributed by atoms with Crippen molar-refractivity contribution >= 4 is 17.2 Å². The fourth-order valence-electron chi connectivity index (χ4n) is 2.77. The number of aliphatic hydroxyl groups is 1. The molecule has 2 heterocycles. The Balaban J connectivity index is 1.70. The molecule has 0 saturated carbocycles. The second-order valence-electron chi connectivity index (χ2n) is 5.98. The van der Waals surface area contributed by atoms with Crippen LogP contribution in [-0.2, 0) is 0 Å². The van der Waals surface area contributed by atoms with Crippen LogP contribution in [0.2, 0.25) is 0 Å². The van der Waals surface area contributed by atoms with Gasteiger partial charge in [0.05, 0.1) is 11.0 Å². The van der Waals surface area contributed by atoms with E-state index in [4.69, 9.17) is 0 Å². The molecule has 0 bridgehead atoms. The highest BCUT2D eigenvalue weighted by Gasteiger charge is 2.22. The summed E-state index contributed by atoms with van der Waals surface area (Å²) in [4.78, 5) is 16.4. The van der Waals surface area contributed by atoms with Crippen molar-refractivity contribution in [2.75, 3.05) is 19.6 Å². The van der Waals surface area contributed by atoms with Crippen molar-refractivity contribution < 1.29 is 9.90 Å². The molecule has 0 radical (unpaired) electrons. The first-order valence-electron chi connectivity index (χ1n) is 7.97. The van der Waals surface area contributed by atoms with Gasteiger partial charge in [0.2, 0.25) is 0 Å². The van der Waals surface area contributed by atoms with E-state index in [-0.39, 0.29) is 18.1 Å². The minimum absolute atomic E-state index is 0.0440. The number of nitrogens with zero attached hydrogens (tertiary/aromatic N) is 1. The molecule has 1 aromatic rings. The summed E-state index contributed by atoms with van der Waals surface area (Å²) < 4.78 is 0. The molecule has 2 rings (SSSR count). The molecule has 1 atom stereocenters. The molecule has 5 heteroatoms. The van der Waals surface area contributed by atoms with Crippen LogP contribution in [0.25, 0.3) is 0 Å². The van der Waals surface area contributed by atoms with E-state index in [0.29, 0.717) is 0 Å². The van der Waals surface area contributed by atoms with E-state index in [2.05, 4.69) is 16.8 Å². The van der Waals surface area contributed by atoms with Gasteiger partial charge in [-0.15, -0.1) is 17.9 Å². The van der Waals surface area contributed by atoms with Crippen molar-refractivity contribution in [3.63, 3.8) is 0 Å². The van der Waals surface area contributed by atoms with Crippen molar-refractivity contribution in [1.29, 1.82) is 0 Å². The molecule has 0 aromatic carbocycles. The fraction of sp³-hybridized carbons (Fsp3) is 0.588. The molecular weight excluding hydrogens is 296 g/mol. The first kappa shape index (κ1) is 17.2. The van der Waals surface area contributed by atoms with E-state index in [1.165, 1.54) is 11.3 Å². The molecule has 1 fully saturated rings. The Labute approximate surface area is 136 Å². The number of amides is 1. The molecule has 4 nitrogen and oxygen atoms in total. The predicted octanol–water partition coefficient (Wildman–Crippen LogP) is 2.58. The van der Waals surface area contributed by atoms with Crippen LogP contribution in [0.15, 0.2) is 24.8 Å². The van der Waals surface area contributed by atoms with Gasteiger partial charge in [-0.2, -0.15) is 0 Å². The monoisotopic (exact) mass is 322 g/mol. The number of nitrogens with one attached hydrogen (secondary N) is 1. The van der Waals surface area contributed by atoms with E-state index >= 15 is 0 Å². The molecule has 1 aromatic heterocycles. The van der Waals surface area contributed by atoms with Crippen LogP contribution >= 0.6 is 11.3 Å². The number of piperidine rings is 1. The zero-order valence-electron chi connectivity index (χ0n) is 13.3. The van der Waals surface area contributed by atoms with Crippen LogP contribution in [0.1, 0.15) is 40.2 Å². The second kappa shape index (κ2) is 8.46. The normalized spacial score (nSPS) is 18.1. The summed E-state index contributed by atoms with van der Waals surface area (Å²) in [5, 5.41) is 13.1. The second-order valence-corrected chi connectivity index (χ2v) is 7.27. The van der Waals surface area contributed by atoms with Crippen LogP contribution in [0, 0.1) is 6.92 Å². The molecule has 0 spiro atoms. The third kappa shape index (κ3) is 5.23. The highest BCUT2D eigenvalue weighted by atomic mass is 32.1. The summed E-state index contributed by atoms with van der Waals surface area (Å²) in [7, 11) is 0. The molecule has 122 valence electrons. The van der Waals surface area contributed by atoms with Gasteiger partial charge in [-0.3, -0.25) is 4.79 Å². The number of likely N-dealkylation sites (tertiary alicyclic amines) is 1. The van der Waals surface area contributed by atoms with E-state index in [1.54, 1.807) is 0 Å². The molecular formula is C17H26N2O2S. The highest BCUT2D eigenvalue weighted by Crippen LogP contribution is 2.17. The van der Waals surface area contributed by atoms with Crippen LogP contribution < -0.4 is 5.32 Å². The Hall–Kier alpha value is -1.17. The van der Waals surface area contributed by atoms with Crippen LogP contribution in [0.5, 0.6) is 0 Å². The summed E-state index contributed by atoms with van der Waals surface area (Å²) in [5.41, 5.74) is 0. The Morgan fingerprint density at radius 1 is 1.55 bits per heavy atom. The summed E-state index contributed by atoms with van der Waals surface area (Å²) >= 11 is 1.54. The molecule has 1 unspecified atom stereocenters. The van der Waals surface area contributed by atoms with Crippen LogP contribution in [-0.4, -0.2) is 47.7 Å². The number of hydrogen-bond acceptors (Lipinski definition) is 4. The average molecular weight is 322 g/mol. The summed E-state index contributed by atoms with van der Waals surface area (Å²) in [5.74, 6) is 0.0440. The van der Waals surface area contributed by atoms with Gasteiger partial charge in [-0.25, -0.2) is 0 Å². The van der Waals surface area contributed by atoms with Gasteiger partial charge >= 0.3 is 0 Å². The van der Waals surface area contributed by atoms with Crippen molar-refractivity contribution in [2.24, 2.45) is 0 Å². The minimum Gasteiger partial charge on any atom is -0.392 e.